The number of hydrogen-bond donors (Lipinski definition) is 1. The molecule has 1 N–H and O–H groups in total. The van der Waals surface area contributed by atoms with Crippen LogP contribution in [0.2, 0.25) is 5.02 Å². The number of ether oxygens (including phenoxy) is 1. The summed E-state index contributed by atoms with van der Waals surface area (Å²) in [6, 6.07) is 5.32. The van der Waals surface area contributed by atoms with Gasteiger partial charge in [0.1, 0.15) is 11.6 Å². The van der Waals surface area contributed by atoms with E-state index < -0.39 is 0 Å². The summed E-state index contributed by atoms with van der Waals surface area (Å²) in [5.74, 6) is 1.13. The van der Waals surface area contributed by atoms with Gasteiger partial charge in [-0.1, -0.05) is 24.9 Å². The number of hydrogen-bond acceptors (Lipinski definition) is 3. The van der Waals surface area contributed by atoms with Crippen LogP contribution in [0.1, 0.15) is 19.0 Å². The summed E-state index contributed by atoms with van der Waals surface area (Å²) in [7, 11) is 1.56. The average molecular weight is 405 g/mol. The highest BCUT2D eigenvalue weighted by molar-refractivity contribution is 14.1. The van der Waals surface area contributed by atoms with Crippen molar-refractivity contribution >= 4 is 34.2 Å². The van der Waals surface area contributed by atoms with Gasteiger partial charge >= 0.3 is 0 Å². The van der Waals surface area contributed by atoms with Gasteiger partial charge in [-0.15, -0.1) is 0 Å². The Morgan fingerprint density at radius 1 is 1.45 bits per heavy atom. The second-order valence-electron chi connectivity index (χ2n) is 4.27. The molecule has 0 saturated heterocycles. The van der Waals surface area contributed by atoms with Crippen molar-refractivity contribution in [2.24, 2.45) is 0 Å². The van der Waals surface area contributed by atoms with Crippen LogP contribution in [0.4, 0.5) is 0 Å². The maximum Gasteiger partial charge on any atom is 0.264 e. The summed E-state index contributed by atoms with van der Waals surface area (Å²) >= 11 is 8.14. The second kappa shape index (κ2) is 6.58. The van der Waals surface area contributed by atoms with Crippen LogP contribution in [0.5, 0.6) is 5.75 Å². The molecule has 1 heterocycles. The van der Waals surface area contributed by atoms with Crippen molar-refractivity contribution in [2.75, 3.05) is 7.11 Å². The predicted octanol–water partition coefficient (Wildman–Crippen LogP) is 3.66. The smallest absolute Gasteiger partial charge is 0.264 e. The SMILES string of the molecule is CCCc1nc(-c2ccc(OC)c(Cl)c2)[nH]c(=O)c1I. The fourth-order valence-electron chi connectivity index (χ4n) is 1.86. The normalized spacial score (nSPS) is 10.6. The zero-order valence-corrected chi connectivity index (χ0v) is 14.1. The summed E-state index contributed by atoms with van der Waals surface area (Å²) < 4.78 is 5.76. The molecular formula is C14H14ClIN2O2. The number of benzene rings is 1. The molecule has 0 atom stereocenters. The summed E-state index contributed by atoms with van der Waals surface area (Å²) in [6.45, 7) is 2.06. The molecule has 0 aliphatic rings. The van der Waals surface area contributed by atoms with Gasteiger partial charge in [-0.3, -0.25) is 4.79 Å². The Kier molecular flexibility index (Phi) is 5.04. The average Bonchev–Trinajstić information content (AvgIpc) is 2.43. The van der Waals surface area contributed by atoms with E-state index in [0.717, 1.165) is 24.1 Å². The van der Waals surface area contributed by atoms with E-state index in [1.165, 1.54) is 0 Å². The van der Waals surface area contributed by atoms with Gasteiger partial charge < -0.3 is 9.72 Å². The van der Waals surface area contributed by atoms with Gasteiger partial charge in [0.15, 0.2) is 0 Å². The first-order valence-electron chi connectivity index (χ1n) is 6.19. The van der Waals surface area contributed by atoms with Crippen molar-refractivity contribution in [3.05, 3.63) is 42.8 Å². The Balaban J connectivity index is 2.52. The number of halogens is 2. The highest BCUT2D eigenvalue weighted by Crippen LogP contribution is 2.28. The molecule has 0 unspecified atom stereocenters. The second-order valence-corrected chi connectivity index (χ2v) is 5.76. The molecular weight excluding hydrogens is 391 g/mol. The third kappa shape index (κ3) is 3.15. The fourth-order valence-corrected chi connectivity index (χ4v) is 2.64. The molecule has 4 nitrogen and oxygen atoms in total. The van der Waals surface area contributed by atoms with Gasteiger partial charge in [-0.25, -0.2) is 4.98 Å². The molecule has 2 aromatic rings. The van der Waals surface area contributed by atoms with E-state index >= 15 is 0 Å². The number of methoxy groups -OCH3 is 1. The summed E-state index contributed by atoms with van der Waals surface area (Å²) in [5, 5.41) is 0.489. The standard InChI is InChI=1S/C14H14ClIN2O2/c1-3-4-10-12(16)14(19)18-13(17-10)8-5-6-11(20-2)9(15)7-8/h5-7H,3-4H2,1-2H3,(H,17,18,19). The molecule has 20 heavy (non-hydrogen) atoms. The lowest BCUT2D eigenvalue weighted by atomic mass is 10.2. The highest BCUT2D eigenvalue weighted by Gasteiger charge is 2.11. The van der Waals surface area contributed by atoms with E-state index in [2.05, 4.69) is 16.9 Å². The van der Waals surface area contributed by atoms with Gasteiger partial charge in [-0.05, 0) is 47.2 Å². The van der Waals surface area contributed by atoms with Gasteiger partial charge in [0, 0.05) is 5.56 Å². The van der Waals surface area contributed by atoms with Crippen LogP contribution in [0.25, 0.3) is 11.4 Å². The number of aromatic amines is 1. The minimum atomic E-state index is -0.119. The van der Waals surface area contributed by atoms with E-state index in [-0.39, 0.29) is 5.56 Å². The summed E-state index contributed by atoms with van der Waals surface area (Å²) in [5.41, 5.74) is 1.46. The van der Waals surface area contributed by atoms with Crippen LogP contribution in [-0.2, 0) is 6.42 Å². The molecule has 0 amide bonds. The number of nitrogens with zero attached hydrogens (tertiary/aromatic N) is 1. The van der Waals surface area contributed by atoms with E-state index in [1.807, 2.05) is 28.7 Å². The summed E-state index contributed by atoms with van der Waals surface area (Å²) in [4.78, 5) is 19.3. The Morgan fingerprint density at radius 2 is 2.20 bits per heavy atom. The van der Waals surface area contributed by atoms with Crippen LogP contribution in [0.3, 0.4) is 0 Å². The van der Waals surface area contributed by atoms with Crippen molar-refractivity contribution in [3.63, 3.8) is 0 Å². The molecule has 1 aromatic carbocycles. The van der Waals surface area contributed by atoms with E-state index in [0.29, 0.717) is 20.2 Å². The quantitative estimate of drug-likeness (QED) is 0.791. The van der Waals surface area contributed by atoms with Crippen molar-refractivity contribution in [2.45, 2.75) is 19.8 Å². The molecule has 0 spiro atoms. The minimum Gasteiger partial charge on any atom is -0.495 e. The molecule has 1 aromatic heterocycles. The number of nitrogens with one attached hydrogen (secondary N) is 1. The first-order valence-corrected chi connectivity index (χ1v) is 7.65. The first kappa shape index (κ1) is 15.3. The van der Waals surface area contributed by atoms with Gasteiger partial charge in [0.05, 0.1) is 21.4 Å². The van der Waals surface area contributed by atoms with Crippen LogP contribution in [-0.4, -0.2) is 17.1 Å². The van der Waals surface area contributed by atoms with Crippen molar-refractivity contribution in [3.8, 4) is 17.1 Å². The van der Waals surface area contributed by atoms with Crippen LogP contribution >= 0.6 is 34.2 Å². The Morgan fingerprint density at radius 3 is 2.80 bits per heavy atom. The van der Waals surface area contributed by atoms with Crippen molar-refractivity contribution in [1.29, 1.82) is 0 Å². The number of rotatable bonds is 4. The Labute approximate surface area is 135 Å². The van der Waals surface area contributed by atoms with Crippen LogP contribution < -0.4 is 10.3 Å². The van der Waals surface area contributed by atoms with Gasteiger partial charge in [-0.2, -0.15) is 0 Å². The lowest BCUT2D eigenvalue weighted by Crippen LogP contribution is -2.16. The van der Waals surface area contributed by atoms with Gasteiger partial charge in [0.25, 0.3) is 5.56 Å². The topological polar surface area (TPSA) is 55.0 Å². The van der Waals surface area contributed by atoms with Gasteiger partial charge in [0.2, 0.25) is 0 Å². The predicted molar refractivity (Wildman–Crippen MR) is 88.6 cm³/mol. The van der Waals surface area contributed by atoms with Crippen molar-refractivity contribution < 1.29 is 4.74 Å². The monoisotopic (exact) mass is 404 g/mol. The molecule has 0 radical (unpaired) electrons. The molecule has 106 valence electrons. The number of aromatic nitrogens is 2. The van der Waals surface area contributed by atoms with Crippen LogP contribution in [0.15, 0.2) is 23.0 Å². The molecule has 0 aliphatic carbocycles. The lowest BCUT2D eigenvalue weighted by Gasteiger charge is -2.08. The highest BCUT2D eigenvalue weighted by atomic mass is 127. The van der Waals surface area contributed by atoms with Crippen molar-refractivity contribution in [1.82, 2.24) is 9.97 Å². The molecule has 0 saturated carbocycles. The minimum absolute atomic E-state index is 0.119. The third-order valence-electron chi connectivity index (χ3n) is 2.84. The molecule has 0 bridgehead atoms. The maximum atomic E-state index is 12.0. The zero-order chi connectivity index (χ0) is 14.7. The third-order valence-corrected chi connectivity index (χ3v) is 4.25. The largest absolute Gasteiger partial charge is 0.495 e. The molecule has 0 aliphatic heterocycles. The van der Waals surface area contributed by atoms with Crippen LogP contribution in [0, 0.1) is 3.57 Å². The number of H-pyrrole nitrogens is 1. The summed E-state index contributed by atoms with van der Waals surface area (Å²) in [6.07, 6.45) is 1.72. The first-order chi connectivity index (χ1) is 9.56. The van der Waals surface area contributed by atoms with E-state index in [9.17, 15) is 4.79 Å². The number of aryl methyl sites for hydroxylation is 1. The fraction of sp³-hybridized carbons (Fsp3) is 0.286. The van der Waals surface area contributed by atoms with E-state index in [1.54, 1.807) is 19.2 Å². The lowest BCUT2D eigenvalue weighted by molar-refractivity contribution is 0.415. The Bertz CT molecular complexity index is 685. The molecule has 2 rings (SSSR count). The maximum absolute atomic E-state index is 12.0. The molecule has 0 fully saturated rings. The molecule has 6 heteroatoms. The van der Waals surface area contributed by atoms with E-state index in [4.69, 9.17) is 16.3 Å². The zero-order valence-electron chi connectivity index (χ0n) is 11.2. The Hall–Kier alpha value is -1.08.